The van der Waals surface area contributed by atoms with Gasteiger partial charge in [0.05, 0.1) is 13.2 Å². The Morgan fingerprint density at radius 1 is 1.28 bits per heavy atom. The molecule has 0 saturated carbocycles. The Kier molecular flexibility index (Phi) is 6.58. The average molecular weight is 252 g/mol. The predicted octanol–water partition coefficient (Wildman–Crippen LogP) is 3.59. The van der Waals surface area contributed by atoms with E-state index in [1.807, 2.05) is 39.0 Å². The van der Waals surface area contributed by atoms with E-state index < -0.39 is 0 Å². The van der Waals surface area contributed by atoms with Crippen LogP contribution in [-0.2, 0) is 4.74 Å². The fourth-order valence-electron chi connectivity index (χ4n) is 1.85. The smallest absolute Gasteiger partial charge is 0.161 e. The van der Waals surface area contributed by atoms with Gasteiger partial charge in [-0.05, 0) is 37.5 Å². The van der Waals surface area contributed by atoms with Gasteiger partial charge in [0.15, 0.2) is 11.5 Å². The molecule has 3 nitrogen and oxygen atoms in total. The van der Waals surface area contributed by atoms with E-state index >= 15 is 0 Å². The number of hydrogen-bond acceptors (Lipinski definition) is 3. The van der Waals surface area contributed by atoms with E-state index in [1.54, 1.807) is 7.11 Å². The SMILES string of the molecule is CC.COc1cc(C)ccc1OCC1CCCO1. The van der Waals surface area contributed by atoms with Crippen molar-refractivity contribution >= 4 is 0 Å². The minimum atomic E-state index is 0.242. The van der Waals surface area contributed by atoms with E-state index in [9.17, 15) is 0 Å². The highest BCUT2D eigenvalue weighted by atomic mass is 16.5. The van der Waals surface area contributed by atoms with Crippen molar-refractivity contribution in [1.82, 2.24) is 0 Å². The number of hydrogen-bond donors (Lipinski definition) is 0. The minimum Gasteiger partial charge on any atom is -0.493 e. The summed E-state index contributed by atoms with van der Waals surface area (Å²) < 4.78 is 16.5. The predicted molar refractivity (Wildman–Crippen MR) is 73.5 cm³/mol. The third kappa shape index (κ3) is 4.22. The molecule has 1 saturated heterocycles. The molecule has 1 heterocycles. The van der Waals surface area contributed by atoms with E-state index in [-0.39, 0.29) is 6.10 Å². The first-order chi connectivity index (χ1) is 8.79. The monoisotopic (exact) mass is 252 g/mol. The molecule has 1 aromatic carbocycles. The fourth-order valence-corrected chi connectivity index (χ4v) is 1.85. The van der Waals surface area contributed by atoms with Crippen LogP contribution >= 0.6 is 0 Å². The first-order valence-corrected chi connectivity index (χ1v) is 6.68. The summed E-state index contributed by atoms with van der Waals surface area (Å²) in [6, 6.07) is 5.95. The number of ether oxygens (including phenoxy) is 3. The lowest BCUT2D eigenvalue weighted by molar-refractivity contribution is 0.0669. The van der Waals surface area contributed by atoms with Crippen LogP contribution in [0.1, 0.15) is 32.3 Å². The van der Waals surface area contributed by atoms with Crippen molar-refractivity contribution in [3.8, 4) is 11.5 Å². The van der Waals surface area contributed by atoms with Gasteiger partial charge in [0.25, 0.3) is 0 Å². The van der Waals surface area contributed by atoms with Crippen molar-refractivity contribution in [3.63, 3.8) is 0 Å². The van der Waals surface area contributed by atoms with Gasteiger partial charge in [0, 0.05) is 6.61 Å². The molecule has 0 aromatic heterocycles. The lowest BCUT2D eigenvalue weighted by atomic mass is 10.2. The van der Waals surface area contributed by atoms with Gasteiger partial charge in [-0.15, -0.1) is 0 Å². The maximum absolute atomic E-state index is 5.72. The third-order valence-corrected chi connectivity index (χ3v) is 2.77. The fraction of sp³-hybridized carbons (Fsp3) is 0.600. The van der Waals surface area contributed by atoms with Crippen molar-refractivity contribution in [2.24, 2.45) is 0 Å². The summed E-state index contributed by atoms with van der Waals surface area (Å²) in [5.41, 5.74) is 1.17. The third-order valence-electron chi connectivity index (χ3n) is 2.77. The second-order valence-electron chi connectivity index (χ2n) is 4.10. The van der Waals surface area contributed by atoms with Crippen LogP contribution < -0.4 is 9.47 Å². The zero-order valence-electron chi connectivity index (χ0n) is 11.9. The molecule has 1 unspecified atom stereocenters. The maximum atomic E-state index is 5.72. The van der Waals surface area contributed by atoms with Crippen LogP contribution in [-0.4, -0.2) is 26.4 Å². The van der Waals surface area contributed by atoms with E-state index in [0.29, 0.717) is 6.61 Å². The molecule has 102 valence electrons. The van der Waals surface area contributed by atoms with Crippen LogP contribution in [0.15, 0.2) is 18.2 Å². The van der Waals surface area contributed by atoms with E-state index in [1.165, 1.54) is 5.56 Å². The number of rotatable bonds is 4. The van der Waals surface area contributed by atoms with Crippen LogP contribution in [0.3, 0.4) is 0 Å². The van der Waals surface area contributed by atoms with Gasteiger partial charge in [-0.2, -0.15) is 0 Å². The molecule has 0 amide bonds. The average Bonchev–Trinajstić information content (AvgIpc) is 2.92. The molecule has 0 radical (unpaired) electrons. The van der Waals surface area contributed by atoms with Crippen LogP contribution in [0.25, 0.3) is 0 Å². The Balaban J connectivity index is 0.000000771. The zero-order chi connectivity index (χ0) is 13.4. The molecule has 1 fully saturated rings. The lowest BCUT2D eigenvalue weighted by Crippen LogP contribution is -2.16. The molecule has 0 N–H and O–H groups in total. The summed E-state index contributed by atoms with van der Waals surface area (Å²) in [6.45, 7) is 7.50. The summed E-state index contributed by atoms with van der Waals surface area (Å²) >= 11 is 0. The van der Waals surface area contributed by atoms with Gasteiger partial charge in [0.1, 0.15) is 6.61 Å². The molecule has 3 heteroatoms. The second-order valence-corrected chi connectivity index (χ2v) is 4.10. The Labute approximate surface area is 110 Å². The Bertz CT molecular complexity index is 344. The molecule has 1 atom stereocenters. The molecule has 1 aliphatic rings. The molecule has 1 aromatic rings. The molecule has 0 aliphatic carbocycles. The topological polar surface area (TPSA) is 27.7 Å². The Morgan fingerprint density at radius 2 is 2.06 bits per heavy atom. The van der Waals surface area contributed by atoms with Crippen molar-refractivity contribution in [2.75, 3.05) is 20.3 Å². The zero-order valence-corrected chi connectivity index (χ0v) is 11.9. The summed E-state index contributed by atoms with van der Waals surface area (Å²) in [5.74, 6) is 1.58. The van der Waals surface area contributed by atoms with Crippen molar-refractivity contribution < 1.29 is 14.2 Å². The first-order valence-electron chi connectivity index (χ1n) is 6.68. The Morgan fingerprint density at radius 3 is 2.67 bits per heavy atom. The highest BCUT2D eigenvalue weighted by Gasteiger charge is 2.16. The van der Waals surface area contributed by atoms with E-state index in [0.717, 1.165) is 30.9 Å². The quantitative estimate of drug-likeness (QED) is 0.819. The number of aryl methyl sites for hydroxylation is 1. The maximum Gasteiger partial charge on any atom is 0.161 e. The summed E-state index contributed by atoms with van der Waals surface area (Å²) in [5, 5.41) is 0. The normalized spacial score (nSPS) is 17.9. The van der Waals surface area contributed by atoms with Gasteiger partial charge in [-0.25, -0.2) is 0 Å². The van der Waals surface area contributed by atoms with Crippen LogP contribution in [0.2, 0.25) is 0 Å². The van der Waals surface area contributed by atoms with E-state index in [4.69, 9.17) is 14.2 Å². The molecule has 1 aliphatic heterocycles. The van der Waals surface area contributed by atoms with E-state index in [2.05, 4.69) is 0 Å². The van der Waals surface area contributed by atoms with Crippen molar-refractivity contribution in [1.29, 1.82) is 0 Å². The highest BCUT2D eigenvalue weighted by Crippen LogP contribution is 2.28. The molecular formula is C15H24O3. The highest BCUT2D eigenvalue weighted by molar-refractivity contribution is 5.42. The molecule has 18 heavy (non-hydrogen) atoms. The first kappa shape index (κ1) is 14.8. The lowest BCUT2D eigenvalue weighted by Gasteiger charge is -2.14. The van der Waals surface area contributed by atoms with Crippen LogP contribution in [0.4, 0.5) is 0 Å². The van der Waals surface area contributed by atoms with Gasteiger partial charge in [0.2, 0.25) is 0 Å². The molecule has 0 bridgehead atoms. The largest absolute Gasteiger partial charge is 0.493 e. The van der Waals surface area contributed by atoms with Gasteiger partial charge in [-0.1, -0.05) is 19.9 Å². The second kappa shape index (κ2) is 7.98. The Hall–Kier alpha value is -1.22. The summed E-state index contributed by atoms with van der Waals surface area (Å²) in [7, 11) is 1.66. The van der Waals surface area contributed by atoms with Crippen LogP contribution in [0, 0.1) is 6.92 Å². The van der Waals surface area contributed by atoms with Crippen LogP contribution in [0.5, 0.6) is 11.5 Å². The molecule has 2 rings (SSSR count). The standard InChI is InChI=1S/C13H18O3.C2H6/c1-10-5-6-12(13(8-10)14-2)16-9-11-4-3-7-15-11;1-2/h5-6,8,11H,3-4,7,9H2,1-2H3;1-2H3. The van der Waals surface area contributed by atoms with Gasteiger partial charge < -0.3 is 14.2 Å². The van der Waals surface area contributed by atoms with Gasteiger partial charge in [-0.3, -0.25) is 0 Å². The summed E-state index contributed by atoms with van der Waals surface area (Å²) in [4.78, 5) is 0. The molecular weight excluding hydrogens is 228 g/mol. The molecule has 0 spiro atoms. The van der Waals surface area contributed by atoms with Crippen molar-refractivity contribution in [3.05, 3.63) is 23.8 Å². The number of methoxy groups -OCH3 is 1. The van der Waals surface area contributed by atoms with Crippen molar-refractivity contribution in [2.45, 2.75) is 39.7 Å². The summed E-state index contributed by atoms with van der Waals surface area (Å²) in [6.07, 6.45) is 2.47. The number of benzene rings is 1. The minimum absolute atomic E-state index is 0.242. The van der Waals surface area contributed by atoms with Gasteiger partial charge >= 0.3 is 0 Å².